The second kappa shape index (κ2) is 4.91. The monoisotopic (exact) mass is 246 g/mol. The Labute approximate surface area is 104 Å². The van der Waals surface area contributed by atoms with E-state index in [1.165, 1.54) is 0 Å². The van der Waals surface area contributed by atoms with E-state index in [1.54, 1.807) is 20.1 Å². The number of ether oxygens (including phenoxy) is 1. The predicted molar refractivity (Wildman–Crippen MR) is 69.0 cm³/mol. The number of nitrogens with zero attached hydrogens (tertiary/aromatic N) is 1. The van der Waals surface area contributed by atoms with Crippen molar-refractivity contribution in [1.82, 2.24) is 4.98 Å². The Hall–Kier alpha value is -2.30. The van der Waals surface area contributed by atoms with Crippen LogP contribution in [0.3, 0.4) is 0 Å². The van der Waals surface area contributed by atoms with Crippen LogP contribution in [-0.2, 0) is 4.79 Å². The molecule has 0 aliphatic rings. The molecule has 1 heterocycles. The number of hydrogen-bond donors (Lipinski definition) is 2. The average Bonchev–Trinajstić information content (AvgIpc) is 2.37. The first-order valence-corrected chi connectivity index (χ1v) is 5.54. The lowest BCUT2D eigenvalue weighted by Gasteiger charge is -2.10. The highest BCUT2D eigenvalue weighted by Gasteiger charge is 2.10. The maximum absolute atomic E-state index is 10.8. The van der Waals surface area contributed by atoms with Gasteiger partial charge in [0.2, 0.25) is 0 Å². The Morgan fingerprint density at radius 2 is 2.11 bits per heavy atom. The van der Waals surface area contributed by atoms with Crippen LogP contribution in [-0.4, -0.2) is 29.2 Å². The molecule has 18 heavy (non-hydrogen) atoms. The smallest absolute Gasteiger partial charge is 0.325 e. The van der Waals surface area contributed by atoms with Gasteiger partial charge in [-0.05, 0) is 31.2 Å². The molecule has 94 valence electrons. The number of aliphatic carboxylic acids is 1. The molecule has 1 aromatic heterocycles. The molecule has 2 aromatic rings. The van der Waals surface area contributed by atoms with E-state index < -0.39 is 12.0 Å². The molecule has 0 aliphatic carbocycles. The second-order valence-corrected chi connectivity index (χ2v) is 3.96. The summed E-state index contributed by atoms with van der Waals surface area (Å²) >= 11 is 0. The molecule has 2 rings (SSSR count). The highest BCUT2D eigenvalue weighted by atomic mass is 16.5. The maximum Gasteiger partial charge on any atom is 0.325 e. The van der Waals surface area contributed by atoms with Crippen molar-refractivity contribution in [2.75, 3.05) is 12.4 Å². The van der Waals surface area contributed by atoms with Gasteiger partial charge in [-0.2, -0.15) is 0 Å². The number of benzene rings is 1. The van der Waals surface area contributed by atoms with Gasteiger partial charge in [-0.15, -0.1) is 0 Å². The number of nitrogens with one attached hydrogen (secondary N) is 1. The molecule has 5 heteroatoms. The van der Waals surface area contributed by atoms with Crippen molar-refractivity contribution in [3.8, 4) is 5.75 Å². The number of fused-ring (bicyclic) bond motifs is 1. The summed E-state index contributed by atoms with van der Waals surface area (Å²) in [6.07, 6.45) is 0. The van der Waals surface area contributed by atoms with E-state index in [0.29, 0.717) is 5.82 Å². The Balaban J connectivity index is 2.33. The van der Waals surface area contributed by atoms with Gasteiger partial charge >= 0.3 is 5.97 Å². The van der Waals surface area contributed by atoms with Crippen LogP contribution < -0.4 is 10.1 Å². The van der Waals surface area contributed by atoms with Crippen molar-refractivity contribution in [3.63, 3.8) is 0 Å². The number of carboxylic acid groups (broad SMARTS) is 1. The van der Waals surface area contributed by atoms with Crippen LogP contribution in [0.15, 0.2) is 30.3 Å². The van der Waals surface area contributed by atoms with Crippen molar-refractivity contribution >= 4 is 22.7 Å². The van der Waals surface area contributed by atoms with Crippen LogP contribution in [0.2, 0.25) is 0 Å². The molecule has 1 unspecified atom stereocenters. The quantitative estimate of drug-likeness (QED) is 0.864. The molecule has 0 aliphatic heterocycles. The fourth-order valence-electron chi connectivity index (χ4n) is 1.59. The largest absolute Gasteiger partial charge is 0.497 e. The molecule has 0 amide bonds. The fourth-order valence-corrected chi connectivity index (χ4v) is 1.59. The number of rotatable bonds is 4. The Kier molecular flexibility index (Phi) is 3.32. The first-order chi connectivity index (χ1) is 8.60. The van der Waals surface area contributed by atoms with Crippen LogP contribution in [0, 0.1) is 0 Å². The van der Waals surface area contributed by atoms with Gasteiger partial charge in [0, 0.05) is 11.5 Å². The summed E-state index contributed by atoms with van der Waals surface area (Å²) in [6, 6.07) is 8.54. The second-order valence-electron chi connectivity index (χ2n) is 3.96. The Bertz CT molecular complexity index is 583. The van der Waals surface area contributed by atoms with Crippen molar-refractivity contribution in [2.24, 2.45) is 0 Å². The van der Waals surface area contributed by atoms with Crippen LogP contribution >= 0.6 is 0 Å². The van der Waals surface area contributed by atoms with E-state index in [4.69, 9.17) is 9.84 Å². The SMILES string of the molecule is COc1ccc2ccc(NC(C)C(=O)O)nc2c1. The van der Waals surface area contributed by atoms with Crippen LogP contribution in [0.5, 0.6) is 5.75 Å². The zero-order valence-electron chi connectivity index (χ0n) is 10.2. The molecule has 0 saturated carbocycles. The minimum absolute atomic E-state index is 0.533. The summed E-state index contributed by atoms with van der Waals surface area (Å²) in [7, 11) is 1.59. The van der Waals surface area contributed by atoms with E-state index in [2.05, 4.69) is 10.3 Å². The molecule has 0 saturated heterocycles. The molecule has 1 atom stereocenters. The third-order valence-electron chi connectivity index (χ3n) is 2.63. The third-order valence-corrected chi connectivity index (χ3v) is 2.63. The van der Waals surface area contributed by atoms with Crippen LogP contribution in [0.25, 0.3) is 10.9 Å². The summed E-state index contributed by atoms with van der Waals surface area (Å²) < 4.78 is 5.13. The Morgan fingerprint density at radius 1 is 1.39 bits per heavy atom. The van der Waals surface area contributed by atoms with Gasteiger partial charge < -0.3 is 15.2 Å². The number of carbonyl (C=O) groups is 1. The zero-order chi connectivity index (χ0) is 13.1. The van der Waals surface area contributed by atoms with Crippen molar-refractivity contribution in [3.05, 3.63) is 30.3 Å². The minimum atomic E-state index is -0.914. The molecule has 1 aromatic carbocycles. The van der Waals surface area contributed by atoms with Crippen molar-refractivity contribution < 1.29 is 14.6 Å². The van der Waals surface area contributed by atoms with Gasteiger partial charge in [0.05, 0.1) is 12.6 Å². The van der Waals surface area contributed by atoms with Gasteiger partial charge in [0.1, 0.15) is 17.6 Å². The standard InChI is InChI=1S/C13H14N2O3/c1-8(13(16)17)14-12-6-4-9-3-5-10(18-2)7-11(9)15-12/h3-8H,1-2H3,(H,14,15)(H,16,17). The molecular formula is C13H14N2O3. The minimum Gasteiger partial charge on any atom is -0.497 e. The lowest BCUT2D eigenvalue weighted by atomic mass is 10.2. The van der Waals surface area contributed by atoms with E-state index in [-0.39, 0.29) is 0 Å². The number of carboxylic acids is 1. The number of hydrogen-bond acceptors (Lipinski definition) is 4. The maximum atomic E-state index is 10.8. The van der Waals surface area contributed by atoms with Crippen LogP contribution in [0.1, 0.15) is 6.92 Å². The van der Waals surface area contributed by atoms with E-state index in [0.717, 1.165) is 16.7 Å². The molecular weight excluding hydrogens is 232 g/mol. The number of pyridine rings is 1. The highest BCUT2D eigenvalue weighted by molar-refractivity contribution is 5.82. The first kappa shape index (κ1) is 12.2. The average molecular weight is 246 g/mol. The number of aromatic nitrogens is 1. The molecule has 5 nitrogen and oxygen atoms in total. The van der Waals surface area contributed by atoms with E-state index >= 15 is 0 Å². The number of methoxy groups -OCH3 is 1. The third kappa shape index (κ3) is 2.51. The first-order valence-electron chi connectivity index (χ1n) is 5.54. The summed E-state index contributed by atoms with van der Waals surface area (Å²) in [5.41, 5.74) is 0.761. The summed E-state index contributed by atoms with van der Waals surface area (Å²) in [5.74, 6) is 0.339. The Morgan fingerprint density at radius 3 is 2.78 bits per heavy atom. The van der Waals surface area contributed by atoms with E-state index in [9.17, 15) is 4.79 Å². The van der Waals surface area contributed by atoms with Gasteiger partial charge in [0.15, 0.2) is 0 Å². The molecule has 2 N–H and O–H groups in total. The lowest BCUT2D eigenvalue weighted by molar-refractivity contribution is -0.137. The topological polar surface area (TPSA) is 71.5 Å². The van der Waals surface area contributed by atoms with Crippen molar-refractivity contribution in [1.29, 1.82) is 0 Å². The highest BCUT2D eigenvalue weighted by Crippen LogP contribution is 2.21. The van der Waals surface area contributed by atoms with Gasteiger partial charge in [0.25, 0.3) is 0 Å². The normalized spacial score (nSPS) is 12.1. The lowest BCUT2D eigenvalue weighted by Crippen LogP contribution is -2.25. The molecule has 0 bridgehead atoms. The van der Waals surface area contributed by atoms with Crippen molar-refractivity contribution in [2.45, 2.75) is 13.0 Å². The molecule has 0 radical (unpaired) electrons. The summed E-state index contributed by atoms with van der Waals surface area (Å²) in [6.45, 7) is 1.57. The molecule has 0 fully saturated rings. The predicted octanol–water partition coefficient (Wildman–Crippen LogP) is 2.13. The summed E-state index contributed by atoms with van der Waals surface area (Å²) in [4.78, 5) is 15.1. The summed E-state index contributed by atoms with van der Waals surface area (Å²) in [5, 5.41) is 12.6. The molecule has 0 spiro atoms. The van der Waals surface area contributed by atoms with Gasteiger partial charge in [-0.3, -0.25) is 4.79 Å². The number of anilines is 1. The zero-order valence-corrected chi connectivity index (χ0v) is 10.2. The van der Waals surface area contributed by atoms with Gasteiger partial charge in [-0.25, -0.2) is 4.98 Å². The van der Waals surface area contributed by atoms with Gasteiger partial charge in [-0.1, -0.05) is 0 Å². The van der Waals surface area contributed by atoms with Crippen LogP contribution in [0.4, 0.5) is 5.82 Å². The van der Waals surface area contributed by atoms with E-state index in [1.807, 2.05) is 24.3 Å². The fraction of sp³-hybridized carbons (Fsp3) is 0.231.